The van der Waals surface area contributed by atoms with Crippen molar-refractivity contribution in [2.45, 2.75) is 90.6 Å². The molecule has 12 nitrogen and oxygen atoms in total. The van der Waals surface area contributed by atoms with Crippen molar-refractivity contribution in [3.8, 4) is 0 Å². The second-order valence-electron chi connectivity index (χ2n) is 16.7. The number of hydrogen-bond donors (Lipinski definition) is 2. The zero-order valence-electron chi connectivity index (χ0n) is 36.0. The van der Waals surface area contributed by atoms with Crippen LogP contribution in [0.1, 0.15) is 90.6 Å². The van der Waals surface area contributed by atoms with Crippen LogP contribution in [0.5, 0.6) is 0 Å². The standard InChI is InChI=1S/C22H30ClN3O3S.C19H29ClN2O3.C3H2BrNS/c1-22(2,3)29-21(27)26-11-5-7-17(15-26)19(16-6-4-8-18(23)14-16)28-12-9-24-20-25-10-13-30-20;1-19(2,3)25-18(23)22-10-5-7-15(13-22)17(24-11-9-21)14-6-4-8-16(20)12-14;4-3-5-1-2-6-3/h4,6,8,10,13-14,17,19H,5,7,9,11-12,15H2,1-3H3,(H,24,25);4,6,8,12,15,17H,5,7,9-11,13,21H2,1-3H3;1-2H/t17-,19+;15-,17+;/m11./s1. The van der Waals surface area contributed by atoms with Crippen LogP contribution in [0.2, 0.25) is 10.0 Å². The predicted molar refractivity (Wildman–Crippen MR) is 251 cm³/mol. The molecule has 4 aromatic rings. The summed E-state index contributed by atoms with van der Waals surface area (Å²) >= 11 is 18.7. The Morgan fingerprint density at radius 1 is 0.803 bits per heavy atom. The molecule has 17 heteroatoms. The fourth-order valence-electron chi connectivity index (χ4n) is 6.93. The second kappa shape index (κ2) is 25.3. The van der Waals surface area contributed by atoms with Gasteiger partial charge in [-0.25, -0.2) is 19.6 Å². The Balaban J connectivity index is 0.000000239. The maximum atomic E-state index is 12.6. The lowest BCUT2D eigenvalue weighted by molar-refractivity contribution is -0.0236. The summed E-state index contributed by atoms with van der Waals surface area (Å²) in [7, 11) is 0. The number of rotatable bonds is 12. The topological polar surface area (TPSA) is 141 Å². The highest BCUT2D eigenvalue weighted by Gasteiger charge is 2.34. The first-order chi connectivity index (χ1) is 29.0. The summed E-state index contributed by atoms with van der Waals surface area (Å²) in [5.74, 6) is 0.357. The molecule has 0 unspecified atom stereocenters. The molecule has 0 radical (unpaired) electrons. The average Bonchev–Trinajstić information content (AvgIpc) is 3.92. The molecule has 4 atom stereocenters. The Labute approximate surface area is 387 Å². The smallest absolute Gasteiger partial charge is 0.410 e. The van der Waals surface area contributed by atoms with Crippen molar-refractivity contribution in [2.24, 2.45) is 17.6 Å². The summed E-state index contributed by atoms with van der Waals surface area (Å²) in [6.07, 6.45) is 6.54. The number of nitrogens with two attached hydrogens (primary N) is 1. The van der Waals surface area contributed by atoms with Crippen molar-refractivity contribution >= 4 is 79.1 Å². The molecule has 0 bridgehead atoms. The van der Waals surface area contributed by atoms with Gasteiger partial charge in [0.05, 0.1) is 25.4 Å². The number of amides is 2. The zero-order chi connectivity index (χ0) is 44.4. The van der Waals surface area contributed by atoms with E-state index >= 15 is 0 Å². The number of thiazole rings is 2. The monoisotopic (exact) mass is 982 g/mol. The number of benzene rings is 2. The predicted octanol–water partition coefficient (Wildman–Crippen LogP) is 11.5. The minimum atomic E-state index is -0.506. The molecule has 336 valence electrons. The molecular formula is C44H61BrCl2N6O6S2. The van der Waals surface area contributed by atoms with Crippen LogP contribution in [0.15, 0.2) is 75.6 Å². The van der Waals surface area contributed by atoms with Gasteiger partial charge in [-0.3, -0.25) is 0 Å². The van der Waals surface area contributed by atoms with E-state index in [2.05, 4.69) is 31.2 Å². The number of nitrogens with one attached hydrogen (secondary N) is 1. The van der Waals surface area contributed by atoms with Gasteiger partial charge in [0.25, 0.3) is 0 Å². The first-order valence-electron chi connectivity index (χ1n) is 20.6. The van der Waals surface area contributed by atoms with Gasteiger partial charge in [0, 0.05) is 84.3 Å². The molecule has 4 heterocycles. The summed E-state index contributed by atoms with van der Waals surface area (Å²) in [5, 5.41) is 9.37. The van der Waals surface area contributed by atoms with Gasteiger partial charge in [-0.15, -0.1) is 22.7 Å². The summed E-state index contributed by atoms with van der Waals surface area (Å²) < 4.78 is 24.4. The molecule has 6 rings (SSSR count). The van der Waals surface area contributed by atoms with Gasteiger partial charge >= 0.3 is 12.2 Å². The maximum Gasteiger partial charge on any atom is 0.410 e. The van der Waals surface area contributed by atoms with Crippen molar-refractivity contribution in [3.63, 3.8) is 0 Å². The van der Waals surface area contributed by atoms with Crippen molar-refractivity contribution in [1.29, 1.82) is 0 Å². The Kier molecular flexibility index (Phi) is 21.0. The maximum absolute atomic E-state index is 12.6. The van der Waals surface area contributed by atoms with Crippen LogP contribution in [0.3, 0.4) is 0 Å². The van der Waals surface area contributed by atoms with Crippen LogP contribution in [0.25, 0.3) is 0 Å². The second-order valence-corrected chi connectivity index (χ2v) is 20.6. The number of carbonyl (C=O) groups excluding carboxylic acids is 2. The van der Waals surface area contributed by atoms with Crippen LogP contribution >= 0.6 is 61.8 Å². The van der Waals surface area contributed by atoms with Gasteiger partial charge in [-0.05, 0) is 119 Å². The van der Waals surface area contributed by atoms with Crippen LogP contribution in [0, 0.1) is 11.8 Å². The van der Waals surface area contributed by atoms with Gasteiger partial charge in [0.1, 0.15) is 11.2 Å². The molecule has 2 fully saturated rings. The first kappa shape index (κ1) is 50.6. The molecular weight excluding hydrogens is 923 g/mol. The molecule has 2 aromatic carbocycles. The van der Waals surface area contributed by atoms with E-state index in [0.29, 0.717) is 62.5 Å². The van der Waals surface area contributed by atoms with Crippen molar-refractivity contribution in [2.75, 3.05) is 57.8 Å². The van der Waals surface area contributed by atoms with Gasteiger partial charge in [-0.1, -0.05) is 47.5 Å². The number of hydrogen-bond acceptors (Lipinski definition) is 12. The lowest BCUT2D eigenvalue weighted by atomic mass is 9.88. The fraction of sp³-hybridized carbons (Fsp3) is 0.545. The van der Waals surface area contributed by atoms with E-state index in [-0.39, 0.29) is 36.2 Å². The molecule has 0 aliphatic carbocycles. The fourth-order valence-corrected chi connectivity index (χ4v) is 8.68. The van der Waals surface area contributed by atoms with Crippen molar-refractivity contribution in [3.05, 3.63) is 96.8 Å². The molecule has 2 aliphatic rings. The van der Waals surface area contributed by atoms with E-state index in [0.717, 1.165) is 45.9 Å². The third kappa shape index (κ3) is 18.7. The highest BCUT2D eigenvalue weighted by Crippen LogP contribution is 2.36. The zero-order valence-corrected chi connectivity index (χ0v) is 40.7. The summed E-state index contributed by atoms with van der Waals surface area (Å²) in [4.78, 5) is 36.7. The average molecular weight is 985 g/mol. The Bertz CT molecular complexity index is 1880. The molecule has 3 N–H and O–H groups in total. The van der Waals surface area contributed by atoms with E-state index in [1.165, 1.54) is 0 Å². The molecule has 0 spiro atoms. The molecule has 61 heavy (non-hydrogen) atoms. The molecule has 2 aliphatic heterocycles. The third-order valence-corrected chi connectivity index (χ3v) is 11.9. The van der Waals surface area contributed by atoms with Gasteiger partial charge in [0.2, 0.25) is 0 Å². The minimum absolute atomic E-state index is 0.132. The number of piperidine rings is 2. The lowest BCUT2D eigenvalue weighted by Gasteiger charge is -2.37. The molecule has 2 aromatic heterocycles. The number of anilines is 1. The number of halogens is 3. The summed E-state index contributed by atoms with van der Waals surface area (Å²) in [5.41, 5.74) is 6.68. The number of nitrogens with zero attached hydrogens (tertiary/aromatic N) is 4. The van der Waals surface area contributed by atoms with Crippen molar-refractivity contribution in [1.82, 2.24) is 19.8 Å². The largest absolute Gasteiger partial charge is 0.444 e. The molecule has 2 amide bonds. The van der Waals surface area contributed by atoms with Gasteiger partial charge in [0.15, 0.2) is 9.05 Å². The summed E-state index contributed by atoms with van der Waals surface area (Å²) in [6, 6.07) is 15.5. The lowest BCUT2D eigenvalue weighted by Crippen LogP contribution is -2.44. The van der Waals surface area contributed by atoms with E-state index in [4.69, 9.17) is 47.9 Å². The van der Waals surface area contributed by atoms with Crippen LogP contribution in [-0.4, -0.2) is 95.6 Å². The van der Waals surface area contributed by atoms with Crippen LogP contribution in [-0.2, 0) is 18.9 Å². The SMILES string of the molecule is Brc1nccs1.CC(C)(C)OC(=O)N1CCC[C@@H]([C@@H](OCCN)c2cccc(Cl)c2)C1.CC(C)(C)OC(=O)N1CCC[C@@H]([C@@H](OCCNc2nccs2)c2cccc(Cl)c2)C1. The Hall–Kier alpha value is -3.02. The van der Waals surface area contributed by atoms with Gasteiger partial charge in [-0.2, -0.15) is 0 Å². The summed E-state index contributed by atoms with van der Waals surface area (Å²) in [6.45, 7) is 16.1. The highest BCUT2D eigenvalue weighted by atomic mass is 79.9. The van der Waals surface area contributed by atoms with E-state index in [1.54, 1.807) is 44.9 Å². The van der Waals surface area contributed by atoms with E-state index in [9.17, 15) is 9.59 Å². The van der Waals surface area contributed by atoms with E-state index < -0.39 is 11.2 Å². The highest BCUT2D eigenvalue weighted by molar-refractivity contribution is 9.11. The van der Waals surface area contributed by atoms with Gasteiger partial charge < -0.3 is 39.8 Å². The minimum Gasteiger partial charge on any atom is -0.444 e. The molecule has 0 saturated carbocycles. The Morgan fingerprint density at radius 3 is 1.69 bits per heavy atom. The first-order valence-corrected chi connectivity index (χ1v) is 23.9. The Morgan fingerprint density at radius 2 is 1.30 bits per heavy atom. The van der Waals surface area contributed by atoms with Crippen molar-refractivity contribution < 1.29 is 28.5 Å². The normalized spacial score (nSPS) is 17.8. The number of aromatic nitrogens is 2. The van der Waals surface area contributed by atoms with Crippen LogP contribution in [0.4, 0.5) is 14.7 Å². The van der Waals surface area contributed by atoms with Crippen LogP contribution < -0.4 is 11.1 Å². The van der Waals surface area contributed by atoms with E-state index in [1.807, 2.05) is 101 Å². The molecule has 2 saturated heterocycles. The quantitative estimate of drug-likeness (QED) is 0.132. The number of likely N-dealkylation sites (tertiary alicyclic amines) is 2. The third-order valence-electron chi connectivity index (χ3n) is 9.36. The number of ether oxygens (including phenoxy) is 4. The number of carbonyl (C=O) groups is 2.